The Morgan fingerprint density at radius 3 is 2.50 bits per heavy atom. The molecule has 1 unspecified atom stereocenters. The molecule has 0 bridgehead atoms. The second kappa shape index (κ2) is 7.59. The fourth-order valence-corrected chi connectivity index (χ4v) is 2.57. The van der Waals surface area contributed by atoms with Gasteiger partial charge in [-0.05, 0) is 6.92 Å². The van der Waals surface area contributed by atoms with E-state index < -0.39 is 21.9 Å². The zero-order chi connectivity index (χ0) is 12.6. The van der Waals surface area contributed by atoms with Crippen molar-refractivity contribution in [2.45, 2.75) is 19.4 Å². The fraction of sp³-hybridized carbons (Fsp3) is 0.889. The van der Waals surface area contributed by atoms with Gasteiger partial charge in [-0.2, -0.15) is 0 Å². The van der Waals surface area contributed by atoms with Gasteiger partial charge in [-0.15, -0.1) is 0 Å². The lowest BCUT2D eigenvalue weighted by Crippen LogP contribution is -2.33. The molecule has 0 amide bonds. The van der Waals surface area contributed by atoms with E-state index in [4.69, 9.17) is 10.5 Å². The molecule has 0 aromatic carbocycles. The average Bonchev–Trinajstić information content (AvgIpc) is 2.25. The van der Waals surface area contributed by atoms with Gasteiger partial charge in [-0.3, -0.25) is 4.79 Å². The van der Waals surface area contributed by atoms with Gasteiger partial charge in [0.05, 0.1) is 31.1 Å². The largest absolute Gasteiger partial charge is 0.469 e. The van der Waals surface area contributed by atoms with E-state index in [1.165, 1.54) is 7.11 Å². The van der Waals surface area contributed by atoms with Gasteiger partial charge in [0.1, 0.15) is 0 Å². The number of ether oxygens (including phenoxy) is 2. The molecule has 0 radical (unpaired) electrons. The quantitative estimate of drug-likeness (QED) is 0.576. The van der Waals surface area contributed by atoms with Gasteiger partial charge in [-0.25, -0.2) is 8.42 Å². The zero-order valence-electron chi connectivity index (χ0n) is 9.64. The van der Waals surface area contributed by atoms with Crippen molar-refractivity contribution in [3.8, 4) is 0 Å². The monoisotopic (exact) mass is 253 g/mol. The SMILES string of the molecule is CCOC(CN)CS(=O)(=O)CCC(=O)OC. The molecule has 0 heterocycles. The summed E-state index contributed by atoms with van der Waals surface area (Å²) in [5, 5.41) is 0. The number of esters is 1. The molecule has 0 saturated carbocycles. The summed E-state index contributed by atoms with van der Waals surface area (Å²) in [6.45, 7) is 2.32. The van der Waals surface area contributed by atoms with Crippen LogP contribution in [0.25, 0.3) is 0 Å². The van der Waals surface area contributed by atoms with Crippen molar-refractivity contribution >= 4 is 15.8 Å². The Hall–Kier alpha value is -0.660. The normalized spacial score (nSPS) is 13.4. The van der Waals surface area contributed by atoms with Gasteiger partial charge in [-0.1, -0.05) is 0 Å². The molecule has 0 rings (SSSR count). The van der Waals surface area contributed by atoms with Crippen LogP contribution in [0.2, 0.25) is 0 Å². The van der Waals surface area contributed by atoms with Crippen molar-refractivity contribution in [3.63, 3.8) is 0 Å². The van der Waals surface area contributed by atoms with Crippen molar-refractivity contribution in [1.82, 2.24) is 0 Å². The smallest absolute Gasteiger partial charge is 0.306 e. The second-order valence-corrected chi connectivity index (χ2v) is 5.48. The number of methoxy groups -OCH3 is 1. The van der Waals surface area contributed by atoms with E-state index in [0.29, 0.717) is 6.61 Å². The summed E-state index contributed by atoms with van der Waals surface area (Å²) in [7, 11) is -2.11. The van der Waals surface area contributed by atoms with Crippen LogP contribution < -0.4 is 5.73 Å². The minimum absolute atomic E-state index is 0.137. The molecule has 0 aliphatic rings. The maximum absolute atomic E-state index is 11.6. The number of carbonyl (C=O) groups is 1. The van der Waals surface area contributed by atoms with Crippen LogP contribution in [0.3, 0.4) is 0 Å². The first-order valence-corrected chi connectivity index (χ1v) is 6.86. The Morgan fingerprint density at radius 2 is 2.06 bits per heavy atom. The minimum atomic E-state index is -3.33. The summed E-state index contributed by atoms with van der Waals surface area (Å²) < 4.78 is 32.6. The van der Waals surface area contributed by atoms with Crippen LogP contribution in [-0.4, -0.2) is 52.3 Å². The van der Waals surface area contributed by atoms with Gasteiger partial charge in [0.25, 0.3) is 0 Å². The number of hydrogen-bond acceptors (Lipinski definition) is 6. The molecule has 96 valence electrons. The summed E-state index contributed by atoms with van der Waals surface area (Å²) in [6, 6.07) is 0. The molecule has 1 atom stereocenters. The predicted molar refractivity (Wildman–Crippen MR) is 59.8 cm³/mol. The van der Waals surface area contributed by atoms with Crippen LogP contribution in [0.5, 0.6) is 0 Å². The van der Waals surface area contributed by atoms with E-state index in [1.54, 1.807) is 6.92 Å². The Kier molecular flexibility index (Phi) is 7.27. The lowest BCUT2D eigenvalue weighted by Gasteiger charge is -2.14. The molecule has 16 heavy (non-hydrogen) atoms. The molecule has 6 nitrogen and oxygen atoms in total. The van der Waals surface area contributed by atoms with Gasteiger partial charge in [0.15, 0.2) is 9.84 Å². The number of hydrogen-bond donors (Lipinski definition) is 1. The van der Waals surface area contributed by atoms with E-state index >= 15 is 0 Å². The lowest BCUT2D eigenvalue weighted by atomic mass is 10.4. The molecule has 0 aliphatic carbocycles. The molecule has 7 heteroatoms. The Labute approximate surface area is 96.0 Å². The third-order valence-electron chi connectivity index (χ3n) is 1.95. The van der Waals surface area contributed by atoms with Crippen molar-refractivity contribution in [3.05, 3.63) is 0 Å². The molecule has 0 aromatic rings. The van der Waals surface area contributed by atoms with E-state index in [9.17, 15) is 13.2 Å². The third kappa shape index (κ3) is 6.76. The molecule has 0 fully saturated rings. The molecule has 0 aliphatic heterocycles. The van der Waals surface area contributed by atoms with Crippen molar-refractivity contribution in [1.29, 1.82) is 0 Å². The molecule has 2 N–H and O–H groups in total. The minimum Gasteiger partial charge on any atom is -0.469 e. The first-order chi connectivity index (χ1) is 7.45. The highest BCUT2D eigenvalue weighted by atomic mass is 32.2. The van der Waals surface area contributed by atoms with Crippen LogP contribution in [0.15, 0.2) is 0 Å². The van der Waals surface area contributed by atoms with Crippen LogP contribution in [0.1, 0.15) is 13.3 Å². The van der Waals surface area contributed by atoms with Crippen LogP contribution in [0, 0.1) is 0 Å². The van der Waals surface area contributed by atoms with E-state index in [-0.39, 0.29) is 24.5 Å². The third-order valence-corrected chi connectivity index (χ3v) is 3.66. The molecular formula is C9H19NO5S. The van der Waals surface area contributed by atoms with Crippen molar-refractivity contribution < 1.29 is 22.7 Å². The first-order valence-electron chi connectivity index (χ1n) is 5.04. The van der Waals surface area contributed by atoms with E-state index in [2.05, 4.69) is 4.74 Å². The summed E-state index contributed by atoms with van der Waals surface area (Å²) >= 11 is 0. The summed E-state index contributed by atoms with van der Waals surface area (Å²) in [4.78, 5) is 10.8. The Balaban J connectivity index is 4.17. The van der Waals surface area contributed by atoms with E-state index in [0.717, 1.165) is 0 Å². The van der Waals surface area contributed by atoms with Crippen LogP contribution in [-0.2, 0) is 24.1 Å². The topological polar surface area (TPSA) is 95.7 Å². The molecule has 0 spiro atoms. The summed E-state index contributed by atoms with van der Waals surface area (Å²) in [5.74, 6) is -0.929. The van der Waals surface area contributed by atoms with E-state index in [1.807, 2.05) is 0 Å². The molecule has 0 aromatic heterocycles. The van der Waals surface area contributed by atoms with Crippen molar-refractivity contribution in [2.24, 2.45) is 5.73 Å². The van der Waals surface area contributed by atoms with Gasteiger partial charge < -0.3 is 15.2 Å². The van der Waals surface area contributed by atoms with Gasteiger partial charge in [0, 0.05) is 13.2 Å². The highest BCUT2D eigenvalue weighted by Crippen LogP contribution is 2.01. The predicted octanol–water partition coefficient (Wildman–Crippen LogP) is -0.672. The second-order valence-electron chi connectivity index (χ2n) is 3.25. The standard InChI is InChI=1S/C9H19NO5S/c1-3-15-8(6-10)7-16(12,13)5-4-9(11)14-2/h8H,3-7,10H2,1-2H3. The zero-order valence-corrected chi connectivity index (χ0v) is 10.5. The first kappa shape index (κ1) is 15.3. The number of carbonyl (C=O) groups excluding carboxylic acids is 1. The molecular weight excluding hydrogens is 234 g/mol. The Bertz CT molecular complexity index is 301. The Morgan fingerprint density at radius 1 is 1.44 bits per heavy atom. The number of nitrogens with two attached hydrogens (primary N) is 1. The molecule has 0 saturated heterocycles. The summed E-state index contributed by atoms with van der Waals surface area (Å²) in [6.07, 6.45) is -0.643. The lowest BCUT2D eigenvalue weighted by molar-refractivity contribution is -0.140. The summed E-state index contributed by atoms with van der Waals surface area (Å²) in [5.41, 5.74) is 5.37. The maximum Gasteiger partial charge on any atom is 0.306 e. The van der Waals surface area contributed by atoms with Crippen LogP contribution >= 0.6 is 0 Å². The van der Waals surface area contributed by atoms with Crippen LogP contribution in [0.4, 0.5) is 0 Å². The maximum atomic E-state index is 11.6. The highest BCUT2D eigenvalue weighted by Gasteiger charge is 2.19. The van der Waals surface area contributed by atoms with Gasteiger partial charge >= 0.3 is 5.97 Å². The van der Waals surface area contributed by atoms with Gasteiger partial charge in [0.2, 0.25) is 0 Å². The number of sulfone groups is 1. The average molecular weight is 253 g/mol. The highest BCUT2D eigenvalue weighted by molar-refractivity contribution is 7.91. The fourth-order valence-electron chi connectivity index (χ4n) is 1.13. The van der Waals surface area contributed by atoms with Crippen molar-refractivity contribution in [2.75, 3.05) is 31.8 Å². The number of rotatable bonds is 8.